The molecule has 0 aliphatic heterocycles. The van der Waals surface area contributed by atoms with E-state index in [0.29, 0.717) is 30.5 Å². The second kappa shape index (κ2) is 10.8. The molecule has 3 N–H and O–H groups in total. The van der Waals surface area contributed by atoms with Crippen LogP contribution in [0.4, 0.5) is 10.1 Å². The molecule has 2 aromatic carbocycles. The van der Waals surface area contributed by atoms with E-state index in [4.69, 9.17) is 9.15 Å². The van der Waals surface area contributed by atoms with Gasteiger partial charge in [-0.15, -0.1) is 0 Å². The highest BCUT2D eigenvalue weighted by Crippen LogP contribution is 2.13. The molecule has 3 rings (SSSR count). The van der Waals surface area contributed by atoms with Crippen molar-refractivity contribution in [1.29, 1.82) is 0 Å². The van der Waals surface area contributed by atoms with E-state index in [0.717, 1.165) is 5.56 Å². The average Bonchev–Trinajstić information content (AvgIpc) is 3.32. The van der Waals surface area contributed by atoms with Crippen molar-refractivity contribution in [3.63, 3.8) is 0 Å². The predicted octanol–water partition coefficient (Wildman–Crippen LogP) is 3.80. The van der Waals surface area contributed by atoms with Crippen LogP contribution < -0.4 is 20.7 Å². The van der Waals surface area contributed by atoms with Gasteiger partial charge in [0.25, 0.3) is 5.91 Å². The third kappa shape index (κ3) is 6.88. The lowest BCUT2D eigenvalue weighted by atomic mass is 10.2. The van der Waals surface area contributed by atoms with E-state index >= 15 is 0 Å². The molecular formula is C23H25FN4O3. The molecule has 0 bridgehead atoms. The minimum atomic E-state index is -0.296. The molecule has 1 aromatic heterocycles. The van der Waals surface area contributed by atoms with Gasteiger partial charge in [0.1, 0.15) is 17.7 Å². The fourth-order valence-corrected chi connectivity index (χ4v) is 2.74. The fourth-order valence-electron chi connectivity index (χ4n) is 2.74. The number of anilines is 1. The lowest BCUT2D eigenvalue weighted by molar-refractivity contribution is 0.0996. The Morgan fingerprint density at radius 2 is 1.84 bits per heavy atom. The minimum Gasteiger partial charge on any atom is -0.489 e. The normalized spacial score (nSPS) is 12.2. The zero-order chi connectivity index (χ0) is 22.1. The van der Waals surface area contributed by atoms with Gasteiger partial charge in [-0.2, -0.15) is 0 Å². The summed E-state index contributed by atoms with van der Waals surface area (Å²) in [6.07, 6.45) is 1.32. The Bertz CT molecular complexity index is 987. The molecule has 3 aromatic rings. The Hall–Kier alpha value is -3.81. The topological polar surface area (TPSA) is 87.9 Å². The zero-order valence-corrected chi connectivity index (χ0v) is 17.4. The molecular weight excluding hydrogens is 399 g/mol. The molecule has 1 amide bonds. The first-order valence-corrected chi connectivity index (χ1v) is 9.84. The summed E-state index contributed by atoms with van der Waals surface area (Å²) in [5, 5.41) is 9.20. The summed E-state index contributed by atoms with van der Waals surface area (Å²) in [4.78, 5) is 16.2. The average molecular weight is 424 g/mol. The number of benzene rings is 2. The molecule has 0 spiro atoms. The first-order chi connectivity index (χ1) is 15.0. The van der Waals surface area contributed by atoms with Crippen molar-refractivity contribution < 1.29 is 18.3 Å². The lowest BCUT2D eigenvalue weighted by Gasteiger charge is -2.18. The van der Waals surface area contributed by atoms with Crippen LogP contribution in [0, 0.1) is 5.82 Å². The largest absolute Gasteiger partial charge is 0.489 e. The van der Waals surface area contributed by atoms with Crippen molar-refractivity contribution in [3.05, 3.63) is 84.1 Å². The summed E-state index contributed by atoms with van der Waals surface area (Å²) >= 11 is 0. The van der Waals surface area contributed by atoms with Gasteiger partial charge in [0, 0.05) is 19.3 Å². The molecule has 1 heterocycles. The molecule has 1 unspecified atom stereocenters. The monoisotopic (exact) mass is 424 g/mol. The highest BCUT2D eigenvalue weighted by molar-refractivity contribution is 6.02. The molecule has 0 saturated carbocycles. The SMILES string of the molecule is CN=C(NCc1ccc(NC(=O)c2ccco2)cc1)NCC(C)Oc1ccc(F)cc1. The van der Waals surface area contributed by atoms with Crippen LogP contribution in [-0.4, -0.2) is 31.6 Å². The highest BCUT2D eigenvalue weighted by atomic mass is 19.1. The number of carbonyl (C=O) groups excluding carboxylic acids is 1. The maximum Gasteiger partial charge on any atom is 0.291 e. The van der Waals surface area contributed by atoms with Crippen LogP contribution in [0.25, 0.3) is 0 Å². The molecule has 0 saturated heterocycles. The number of rotatable bonds is 8. The Morgan fingerprint density at radius 1 is 1.10 bits per heavy atom. The highest BCUT2D eigenvalue weighted by Gasteiger charge is 2.09. The summed E-state index contributed by atoms with van der Waals surface area (Å²) in [5.74, 6) is 0.911. The number of carbonyl (C=O) groups is 1. The molecule has 0 radical (unpaired) electrons. The lowest BCUT2D eigenvalue weighted by Crippen LogP contribution is -2.41. The number of furan rings is 1. The quantitative estimate of drug-likeness (QED) is 0.378. The summed E-state index contributed by atoms with van der Waals surface area (Å²) in [7, 11) is 1.69. The molecule has 0 aliphatic rings. The first-order valence-electron chi connectivity index (χ1n) is 9.84. The Morgan fingerprint density at radius 3 is 2.48 bits per heavy atom. The van der Waals surface area contributed by atoms with E-state index in [2.05, 4.69) is 20.9 Å². The van der Waals surface area contributed by atoms with E-state index in [1.54, 1.807) is 31.3 Å². The number of aliphatic imine (C=N–C) groups is 1. The predicted molar refractivity (Wildman–Crippen MR) is 118 cm³/mol. The van der Waals surface area contributed by atoms with Crippen LogP contribution in [0.2, 0.25) is 0 Å². The summed E-state index contributed by atoms with van der Waals surface area (Å²) < 4.78 is 23.8. The molecule has 1 atom stereocenters. The van der Waals surface area contributed by atoms with Crippen molar-refractivity contribution in [3.8, 4) is 5.75 Å². The Kier molecular flexibility index (Phi) is 7.64. The third-order valence-corrected chi connectivity index (χ3v) is 4.35. The molecule has 162 valence electrons. The summed E-state index contributed by atoms with van der Waals surface area (Å²) in [6, 6.07) is 16.7. The van der Waals surface area contributed by atoms with Crippen LogP contribution >= 0.6 is 0 Å². The summed E-state index contributed by atoms with van der Waals surface area (Å²) in [5.41, 5.74) is 1.70. The van der Waals surface area contributed by atoms with Gasteiger partial charge >= 0.3 is 0 Å². The second-order valence-corrected chi connectivity index (χ2v) is 6.82. The van der Waals surface area contributed by atoms with Crippen molar-refractivity contribution in [2.24, 2.45) is 4.99 Å². The van der Waals surface area contributed by atoms with Gasteiger partial charge in [0.05, 0.1) is 12.8 Å². The van der Waals surface area contributed by atoms with Gasteiger partial charge < -0.3 is 25.1 Å². The standard InChI is InChI=1S/C23H25FN4O3/c1-16(31-20-11-7-18(24)8-12-20)14-26-23(25-2)27-15-17-5-9-19(10-6-17)28-22(29)21-4-3-13-30-21/h3-13,16H,14-15H2,1-2H3,(H,28,29)(H2,25,26,27). The zero-order valence-electron chi connectivity index (χ0n) is 17.4. The number of nitrogens with one attached hydrogen (secondary N) is 3. The molecule has 8 heteroatoms. The number of hydrogen-bond acceptors (Lipinski definition) is 4. The molecule has 0 fully saturated rings. The Balaban J connectivity index is 1.42. The third-order valence-electron chi connectivity index (χ3n) is 4.35. The molecule has 31 heavy (non-hydrogen) atoms. The van der Waals surface area contributed by atoms with E-state index < -0.39 is 0 Å². The van der Waals surface area contributed by atoms with Gasteiger partial charge in [-0.1, -0.05) is 12.1 Å². The van der Waals surface area contributed by atoms with Gasteiger partial charge in [0.15, 0.2) is 11.7 Å². The smallest absolute Gasteiger partial charge is 0.291 e. The van der Waals surface area contributed by atoms with Gasteiger partial charge in [-0.25, -0.2) is 4.39 Å². The van der Waals surface area contributed by atoms with Gasteiger partial charge in [-0.3, -0.25) is 9.79 Å². The van der Waals surface area contributed by atoms with Crippen LogP contribution in [0.1, 0.15) is 23.0 Å². The van der Waals surface area contributed by atoms with Gasteiger partial charge in [-0.05, 0) is 61.0 Å². The number of guanidine groups is 1. The number of ether oxygens (including phenoxy) is 1. The maximum atomic E-state index is 13.0. The fraction of sp³-hybridized carbons (Fsp3) is 0.217. The number of hydrogen-bond donors (Lipinski definition) is 3. The van der Waals surface area contributed by atoms with E-state index in [9.17, 15) is 9.18 Å². The van der Waals surface area contributed by atoms with E-state index in [1.807, 2.05) is 31.2 Å². The van der Waals surface area contributed by atoms with E-state index in [1.165, 1.54) is 18.4 Å². The number of amides is 1. The van der Waals surface area contributed by atoms with E-state index in [-0.39, 0.29) is 23.6 Å². The minimum absolute atomic E-state index is 0.138. The maximum absolute atomic E-state index is 13.0. The number of halogens is 1. The number of nitrogens with zero attached hydrogens (tertiary/aromatic N) is 1. The first kappa shape index (κ1) is 21.9. The Labute approximate surface area is 180 Å². The molecule has 7 nitrogen and oxygen atoms in total. The van der Waals surface area contributed by atoms with Gasteiger partial charge in [0.2, 0.25) is 0 Å². The second-order valence-electron chi connectivity index (χ2n) is 6.82. The van der Waals surface area contributed by atoms with Crippen LogP contribution in [-0.2, 0) is 6.54 Å². The van der Waals surface area contributed by atoms with Crippen molar-refractivity contribution in [1.82, 2.24) is 10.6 Å². The van der Waals surface area contributed by atoms with Crippen LogP contribution in [0.5, 0.6) is 5.75 Å². The summed E-state index contributed by atoms with van der Waals surface area (Å²) in [6.45, 7) is 2.99. The van der Waals surface area contributed by atoms with Crippen molar-refractivity contribution in [2.75, 3.05) is 18.9 Å². The van der Waals surface area contributed by atoms with Crippen molar-refractivity contribution >= 4 is 17.6 Å². The molecule has 0 aliphatic carbocycles. The van der Waals surface area contributed by atoms with Crippen LogP contribution in [0.3, 0.4) is 0 Å². The van der Waals surface area contributed by atoms with Crippen molar-refractivity contribution in [2.45, 2.75) is 19.6 Å². The van der Waals surface area contributed by atoms with Crippen LogP contribution in [0.15, 0.2) is 76.3 Å².